The van der Waals surface area contributed by atoms with Gasteiger partial charge in [-0.25, -0.2) is 0 Å². The van der Waals surface area contributed by atoms with E-state index in [-0.39, 0.29) is 12.5 Å². The maximum absolute atomic E-state index is 12.1. The summed E-state index contributed by atoms with van der Waals surface area (Å²) in [4.78, 5) is 15.9. The zero-order valence-electron chi connectivity index (χ0n) is 10.7. The Hall–Kier alpha value is -2.65. The summed E-state index contributed by atoms with van der Waals surface area (Å²) in [7, 11) is 0. The molecule has 0 saturated carbocycles. The number of aliphatic hydroxyl groups is 1. The number of hydrogen-bond acceptors (Lipinski definition) is 5. The number of benzene rings is 1. The molecular formula is C14H13N3O3. The molecular weight excluding hydrogens is 258 g/mol. The molecule has 0 aliphatic rings. The first-order valence-electron chi connectivity index (χ1n) is 6.03. The summed E-state index contributed by atoms with van der Waals surface area (Å²) in [5, 5.41) is 15.1. The molecule has 2 N–H and O–H groups in total. The average Bonchev–Trinajstić information content (AvgIpc) is 2.98. The lowest BCUT2D eigenvalue weighted by atomic mass is 10.1. The van der Waals surface area contributed by atoms with Crippen molar-refractivity contribution >= 4 is 5.91 Å². The molecule has 0 spiro atoms. The van der Waals surface area contributed by atoms with E-state index >= 15 is 0 Å². The van der Waals surface area contributed by atoms with Gasteiger partial charge in [-0.05, 0) is 12.1 Å². The van der Waals surface area contributed by atoms with E-state index in [4.69, 9.17) is 5.11 Å². The molecule has 0 fully saturated rings. The van der Waals surface area contributed by atoms with Gasteiger partial charge in [0.25, 0.3) is 5.91 Å². The Bertz CT molecular complexity index is 627. The minimum Gasteiger partial charge on any atom is -0.384 e. The van der Waals surface area contributed by atoms with E-state index < -0.39 is 0 Å². The van der Waals surface area contributed by atoms with Crippen molar-refractivity contribution < 1.29 is 14.4 Å². The highest BCUT2D eigenvalue weighted by atomic mass is 16.5. The lowest BCUT2D eigenvalue weighted by Crippen LogP contribution is -2.26. The highest BCUT2D eigenvalue weighted by Crippen LogP contribution is 2.07. The van der Waals surface area contributed by atoms with Crippen LogP contribution in [0, 0.1) is 11.8 Å². The molecule has 0 aliphatic carbocycles. The van der Waals surface area contributed by atoms with Gasteiger partial charge in [0.15, 0.2) is 5.82 Å². The molecule has 2 rings (SSSR count). The van der Waals surface area contributed by atoms with Gasteiger partial charge in [-0.15, -0.1) is 0 Å². The lowest BCUT2D eigenvalue weighted by Gasteiger charge is -2.05. The summed E-state index contributed by atoms with van der Waals surface area (Å²) in [5.74, 6) is 5.59. The standard InChI is InChI=1S/C14H13N3O3/c18-9-3-5-11-4-1-2-6-12(11)14(19)15-8-7-13-16-10-20-17-13/h1-2,4,6,10,18H,7-9H2,(H,15,19). The van der Waals surface area contributed by atoms with Crippen LogP contribution < -0.4 is 5.32 Å². The number of aromatic nitrogens is 2. The van der Waals surface area contributed by atoms with E-state index in [1.54, 1.807) is 24.3 Å². The van der Waals surface area contributed by atoms with Crippen molar-refractivity contribution in [3.05, 3.63) is 47.6 Å². The zero-order valence-corrected chi connectivity index (χ0v) is 10.7. The fourth-order valence-electron chi connectivity index (χ4n) is 1.61. The van der Waals surface area contributed by atoms with Gasteiger partial charge in [0.2, 0.25) is 6.39 Å². The SMILES string of the molecule is O=C(NCCc1ncon1)c1ccccc1C#CCO. The van der Waals surface area contributed by atoms with Crippen LogP contribution in [0.3, 0.4) is 0 Å². The lowest BCUT2D eigenvalue weighted by molar-refractivity contribution is 0.0953. The van der Waals surface area contributed by atoms with Crippen LogP contribution in [0.1, 0.15) is 21.7 Å². The second-order valence-electron chi connectivity index (χ2n) is 3.86. The first kappa shape index (κ1) is 13.8. The van der Waals surface area contributed by atoms with E-state index in [9.17, 15) is 4.79 Å². The molecule has 0 unspecified atom stereocenters. The van der Waals surface area contributed by atoms with E-state index in [0.717, 1.165) is 0 Å². The number of nitrogens with zero attached hydrogens (tertiary/aromatic N) is 2. The number of aliphatic hydroxyl groups excluding tert-OH is 1. The van der Waals surface area contributed by atoms with Crippen molar-refractivity contribution in [2.24, 2.45) is 0 Å². The van der Waals surface area contributed by atoms with Crippen LogP contribution in [0.4, 0.5) is 0 Å². The Balaban J connectivity index is 1.98. The van der Waals surface area contributed by atoms with E-state index in [1.165, 1.54) is 6.39 Å². The number of nitrogens with one attached hydrogen (secondary N) is 1. The van der Waals surface area contributed by atoms with Crippen LogP contribution in [0.5, 0.6) is 0 Å². The van der Waals surface area contributed by atoms with Crippen LogP contribution >= 0.6 is 0 Å². The topological polar surface area (TPSA) is 88.3 Å². The number of hydrogen-bond donors (Lipinski definition) is 2. The van der Waals surface area contributed by atoms with Gasteiger partial charge in [-0.1, -0.05) is 29.1 Å². The van der Waals surface area contributed by atoms with Crippen LogP contribution in [-0.4, -0.2) is 34.3 Å². The Morgan fingerprint density at radius 1 is 1.40 bits per heavy atom. The molecule has 1 aromatic carbocycles. The molecule has 0 aliphatic heterocycles. The summed E-state index contributed by atoms with van der Waals surface area (Å²) in [6.07, 6.45) is 1.74. The van der Waals surface area contributed by atoms with Crippen molar-refractivity contribution in [2.45, 2.75) is 6.42 Å². The van der Waals surface area contributed by atoms with Crippen molar-refractivity contribution in [1.82, 2.24) is 15.5 Å². The normalized spacial score (nSPS) is 9.65. The smallest absolute Gasteiger partial charge is 0.252 e. The van der Waals surface area contributed by atoms with Gasteiger partial charge in [0.05, 0.1) is 5.56 Å². The maximum Gasteiger partial charge on any atom is 0.252 e. The highest BCUT2D eigenvalue weighted by molar-refractivity contribution is 5.96. The third-order valence-corrected chi connectivity index (χ3v) is 2.51. The predicted molar refractivity (Wildman–Crippen MR) is 70.7 cm³/mol. The molecule has 1 aromatic heterocycles. The van der Waals surface area contributed by atoms with Crippen molar-refractivity contribution in [1.29, 1.82) is 0 Å². The van der Waals surface area contributed by atoms with Crippen molar-refractivity contribution in [2.75, 3.05) is 13.2 Å². The third-order valence-electron chi connectivity index (χ3n) is 2.51. The summed E-state index contributed by atoms with van der Waals surface area (Å²) in [6, 6.07) is 6.97. The molecule has 0 radical (unpaired) electrons. The van der Waals surface area contributed by atoms with Crippen LogP contribution in [0.15, 0.2) is 35.2 Å². The Morgan fingerprint density at radius 2 is 2.25 bits per heavy atom. The van der Waals surface area contributed by atoms with Crippen LogP contribution in [0.2, 0.25) is 0 Å². The molecule has 6 heteroatoms. The van der Waals surface area contributed by atoms with E-state index in [2.05, 4.69) is 31.8 Å². The Labute approximate surface area is 115 Å². The third kappa shape index (κ3) is 3.67. The summed E-state index contributed by atoms with van der Waals surface area (Å²) in [5.41, 5.74) is 1.06. The highest BCUT2D eigenvalue weighted by Gasteiger charge is 2.09. The molecule has 0 saturated heterocycles. The first-order chi connectivity index (χ1) is 9.81. The Kier molecular flexibility index (Phi) is 4.87. The molecule has 102 valence electrons. The van der Waals surface area contributed by atoms with Gasteiger partial charge >= 0.3 is 0 Å². The molecule has 0 bridgehead atoms. The van der Waals surface area contributed by atoms with Gasteiger partial charge in [0.1, 0.15) is 6.61 Å². The second kappa shape index (κ2) is 7.07. The molecule has 20 heavy (non-hydrogen) atoms. The van der Waals surface area contributed by atoms with Crippen molar-refractivity contribution in [3.8, 4) is 11.8 Å². The minimum atomic E-state index is -0.242. The first-order valence-corrected chi connectivity index (χ1v) is 6.03. The number of amides is 1. The molecule has 0 atom stereocenters. The van der Waals surface area contributed by atoms with Crippen molar-refractivity contribution in [3.63, 3.8) is 0 Å². The fraction of sp³-hybridized carbons (Fsp3) is 0.214. The summed E-state index contributed by atoms with van der Waals surface area (Å²) >= 11 is 0. The van der Waals surface area contributed by atoms with Crippen LogP contribution in [0.25, 0.3) is 0 Å². The van der Waals surface area contributed by atoms with Gasteiger partial charge in [0, 0.05) is 18.5 Å². The quantitative estimate of drug-likeness (QED) is 0.785. The number of rotatable bonds is 4. The Morgan fingerprint density at radius 3 is 3.00 bits per heavy atom. The summed E-state index contributed by atoms with van der Waals surface area (Å²) < 4.78 is 4.60. The maximum atomic E-state index is 12.1. The monoisotopic (exact) mass is 271 g/mol. The zero-order chi connectivity index (χ0) is 14.2. The van der Waals surface area contributed by atoms with Crippen LogP contribution in [-0.2, 0) is 6.42 Å². The number of carbonyl (C=O) groups excluding carboxylic acids is 1. The molecule has 1 amide bonds. The molecule has 1 heterocycles. The van der Waals surface area contributed by atoms with Gasteiger partial charge in [-0.3, -0.25) is 4.79 Å². The van der Waals surface area contributed by atoms with E-state index in [1.807, 2.05) is 0 Å². The molecule has 6 nitrogen and oxygen atoms in total. The fourth-order valence-corrected chi connectivity index (χ4v) is 1.61. The number of carbonyl (C=O) groups is 1. The van der Waals surface area contributed by atoms with Gasteiger partial charge in [-0.2, -0.15) is 4.98 Å². The van der Waals surface area contributed by atoms with Gasteiger partial charge < -0.3 is 14.9 Å². The minimum absolute atomic E-state index is 0.226. The molecule has 2 aromatic rings. The second-order valence-corrected chi connectivity index (χ2v) is 3.86. The average molecular weight is 271 g/mol. The van der Waals surface area contributed by atoms with E-state index in [0.29, 0.717) is 29.9 Å². The summed E-state index contributed by atoms with van der Waals surface area (Å²) in [6.45, 7) is 0.161. The largest absolute Gasteiger partial charge is 0.384 e. The predicted octanol–water partition coefficient (Wildman–Crippen LogP) is 0.386.